The van der Waals surface area contributed by atoms with E-state index in [4.69, 9.17) is 14.0 Å². The van der Waals surface area contributed by atoms with Crippen LogP contribution in [-0.4, -0.2) is 58.1 Å². The summed E-state index contributed by atoms with van der Waals surface area (Å²) in [7, 11) is -1.11. The maximum Gasteiger partial charge on any atom is 0.529 e. The molecule has 276 valence electrons. The molecule has 1 aromatic heterocycles. The lowest BCUT2D eigenvalue weighted by Gasteiger charge is -2.19. The van der Waals surface area contributed by atoms with Crippen LogP contribution >= 0.6 is 29.4 Å². The molecule has 50 heavy (non-hydrogen) atoms. The van der Waals surface area contributed by atoms with Gasteiger partial charge in [0.1, 0.15) is 13.2 Å². The predicted molar refractivity (Wildman–Crippen MR) is 202 cm³/mol. The van der Waals surface area contributed by atoms with E-state index in [1.165, 1.54) is 30.9 Å². The van der Waals surface area contributed by atoms with Crippen molar-refractivity contribution in [1.29, 1.82) is 0 Å². The standard InChI is InChI=1S/C37H52NO9PS2/c1-2-3-4-5-6-7-8-9-10-11-12-13-14-15-16-17-18-25-36(40)46-33(30-44-35(39)24-20-19-23-34-26-28-49-50-34)31-45-48(42,43)47-37(41)32-22-21-27-38-29-32/h3-4,6-7,9-10,12-13,15-16,21-22,27,29,33-34H,2,5,8,11,14,17-20,23-26,28,30-31H2,1H3,(H,42,43)/t33-,34-/m1/s1. The zero-order valence-corrected chi connectivity index (χ0v) is 31.5. The van der Waals surface area contributed by atoms with E-state index in [-0.39, 0.29) is 25.0 Å². The number of hydrogen-bond acceptors (Lipinski definition) is 11. The van der Waals surface area contributed by atoms with Gasteiger partial charge in [0, 0.05) is 36.2 Å². The number of hydrogen-bond donors (Lipinski definition) is 1. The van der Waals surface area contributed by atoms with Crippen molar-refractivity contribution in [2.45, 2.75) is 102 Å². The van der Waals surface area contributed by atoms with E-state index in [1.54, 1.807) is 0 Å². The topological polar surface area (TPSA) is 138 Å². The van der Waals surface area contributed by atoms with Crippen LogP contribution in [0.4, 0.5) is 0 Å². The smallest absolute Gasteiger partial charge is 0.462 e. The number of nitrogens with zero attached hydrogens (tertiary/aromatic N) is 1. The van der Waals surface area contributed by atoms with Gasteiger partial charge in [-0.15, -0.1) is 0 Å². The van der Waals surface area contributed by atoms with Crippen LogP contribution in [0, 0.1) is 0 Å². The fraction of sp³-hybridized carbons (Fsp3) is 0.514. The van der Waals surface area contributed by atoms with Crippen LogP contribution in [0.15, 0.2) is 85.3 Å². The molecule has 0 aliphatic carbocycles. The zero-order chi connectivity index (χ0) is 36.1. The molecule has 1 unspecified atom stereocenters. The van der Waals surface area contributed by atoms with Crippen LogP contribution in [0.5, 0.6) is 0 Å². The second-order valence-corrected chi connectivity index (χ2v) is 15.5. The highest BCUT2D eigenvalue weighted by Gasteiger charge is 2.30. The van der Waals surface area contributed by atoms with Crippen molar-refractivity contribution in [2.24, 2.45) is 0 Å². The van der Waals surface area contributed by atoms with Crippen molar-refractivity contribution in [3.8, 4) is 0 Å². The average Bonchev–Trinajstić information content (AvgIpc) is 3.63. The molecule has 10 nitrogen and oxygen atoms in total. The largest absolute Gasteiger partial charge is 0.529 e. The van der Waals surface area contributed by atoms with Gasteiger partial charge < -0.3 is 14.0 Å². The summed E-state index contributed by atoms with van der Waals surface area (Å²) < 4.78 is 32.8. The Bertz CT molecular complexity index is 1310. The van der Waals surface area contributed by atoms with Crippen molar-refractivity contribution >= 4 is 47.3 Å². The molecule has 0 amide bonds. The van der Waals surface area contributed by atoms with Crippen LogP contribution in [0.3, 0.4) is 0 Å². The molecule has 1 aromatic rings. The highest BCUT2D eigenvalue weighted by molar-refractivity contribution is 8.77. The molecule has 2 heterocycles. The van der Waals surface area contributed by atoms with E-state index in [2.05, 4.69) is 65.0 Å². The third-order valence-electron chi connectivity index (χ3n) is 7.04. The minimum Gasteiger partial charge on any atom is -0.462 e. The molecule has 1 saturated heterocycles. The average molecular weight is 750 g/mol. The number of phosphoric ester groups is 1. The molecular formula is C37H52NO9PS2. The van der Waals surface area contributed by atoms with Crippen LogP contribution in [0.25, 0.3) is 0 Å². The first kappa shape index (κ1) is 43.3. The molecule has 13 heteroatoms. The molecule has 0 aromatic carbocycles. The summed E-state index contributed by atoms with van der Waals surface area (Å²) >= 11 is 0. The van der Waals surface area contributed by atoms with E-state index in [0.717, 1.165) is 50.7 Å². The van der Waals surface area contributed by atoms with Crippen molar-refractivity contribution in [3.05, 3.63) is 90.9 Å². The fourth-order valence-electron chi connectivity index (χ4n) is 4.40. The van der Waals surface area contributed by atoms with Gasteiger partial charge in [0.25, 0.3) is 0 Å². The van der Waals surface area contributed by atoms with E-state index in [1.807, 2.05) is 33.7 Å². The lowest BCUT2D eigenvalue weighted by atomic mass is 10.1. The quantitative estimate of drug-likeness (QED) is 0.0317. The third-order valence-corrected chi connectivity index (χ3v) is 10.9. The summed E-state index contributed by atoms with van der Waals surface area (Å²) in [5.74, 6) is -0.984. The first-order chi connectivity index (χ1) is 24.3. The highest BCUT2D eigenvalue weighted by Crippen LogP contribution is 2.44. The Hall–Kier alpha value is -2.89. The summed E-state index contributed by atoms with van der Waals surface area (Å²) in [6.45, 7) is 1.13. The second kappa shape index (κ2) is 27.8. The number of carbonyl (C=O) groups excluding carboxylic acids is 3. The maximum atomic E-state index is 12.6. The van der Waals surface area contributed by atoms with E-state index >= 15 is 0 Å². The maximum absolute atomic E-state index is 12.6. The monoisotopic (exact) mass is 749 g/mol. The molecule has 2 rings (SSSR count). The normalized spacial score (nSPS) is 16.9. The van der Waals surface area contributed by atoms with Gasteiger partial charge >= 0.3 is 25.7 Å². The molecular weight excluding hydrogens is 698 g/mol. The number of ether oxygens (including phenoxy) is 2. The third kappa shape index (κ3) is 22.8. The number of carbonyl (C=O) groups is 3. The number of phosphoric acid groups is 1. The van der Waals surface area contributed by atoms with Crippen molar-refractivity contribution in [2.75, 3.05) is 19.0 Å². The molecule has 3 atom stereocenters. The van der Waals surface area contributed by atoms with E-state index in [0.29, 0.717) is 24.5 Å². The molecule has 0 bridgehead atoms. The van der Waals surface area contributed by atoms with E-state index < -0.39 is 38.4 Å². The van der Waals surface area contributed by atoms with Gasteiger partial charge in [-0.1, -0.05) is 95.7 Å². The van der Waals surface area contributed by atoms with Gasteiger partial charge in [0.2, 0.25) is 0 Å². The Labute approximate surface area is 305 Å². The fourth-order valence-corrected chi connectivity index (χ4v) is 8.15. The lowest BCUT2D eigenvalue weighted by molar-refractivity contribution is -0.161. The minimum atomic E-state index is -4.88. The summed E-state index contributed by atoms with van der Waals surface area (Å²) in [6, 6.07) is 2.84. The van der Waals surface area contributed by atoms with Crippen molar-refractivity contribution in [1.82, 2.24) is 4.98 Å². The Balaban J connectivity index is 1.72. The van der Waals surface area contributed by atoms with Gasteiger partial charge in [-0.3, -0.25) is 24.0 Å². The Morgan fingerprint density at radius 3 is 2.20 bits per heavy atom. The molecule has 1 aliphatic heterocycles. The molecule has 0 spiro atoms. The van der Waals surface area contributed by atoms with Gasteiger partial charge in [-0.25, -0.2) is 9.36 Å². The van der Waals surface area contributed by atoms with Crippen molar-refractivity contribution < 1.29 is 42.4 Å². The van der Waals surface area contributed by atoms with Crippen LogP contribution in [-0.2, 0) is 32.7 Å². The first-order valence-corrected chi connectivity index (χ1v) is 21.2. The summed E-state index contributed by atoms with van der Waals surface area (Å²) in [5, 5.41) is 0.624. The van der Waals surface area contributed by atoms with Crippen LogP contribution < -0.4 is 0 Å². The van der Waals surface area contributed by atoms with Gasteiger partial charge in [0.05, 0.1) is 5.56 Å². The van der Waals surface area contributed by atoms with Gasteiger partial charge in [-0.2, -0.15) is 0 Å². The van der Waals surface area contributed by atoms with Crippen LogP contribution in [0.1, 0.15) is 101 Å². The predicted octanol–water partition coefficient (Wildman–Crippen LogP) is 9.45. The first-order valence-electron chi connectivity index (χ1n) is 17.3. The molecule has 0 saturated carbocycles. The molecule has 1 aliphatic rings. The Kier molecular flexibility index (Phi) is 24.0. The summed E-state index contributed by atoms with van der Waals surface area (Å²) in [6.07, 6.45) is 32.6. The Morgan fingerprint density at radius 1 is 0.920 bits per heavy atom. The number of rotatable bonds is 26. The molecule has 0 radical (unpaired) electrons. The summed E-state index contributed by atoms with van der Waals surface area (Å²) in [5.41, 5.74) is -0.0416. The summed E-state index contributed by atoms with van der Waals surface area (Å²) in [4.78, 5) is 51.0. The number of pyridine rings is 1. The highest BCUT2D eigenvalue weighted by atomic mass is 33.1. The van der Waals surface area contributed by atoms with E-state index in [9.17, 15) is 23.8 Å². The van der Waals surface area contributed by atoms with Gasteiger partial charge in [0.15, 0.2) is 6.10 Å². The SMILES string of the molecule is CCC=CCC=CCC=CCC=CCC=CCCCC(=O)O[C@H](COC(=O)CCCC[C@@H]1CCSS1)COP(=O)(O)OC(=O)c1cccnc1. The second-order valence-electron chi connectivity index (χ2n) is 11.4. The number of aromatic nitrogens is 1. The Morgan fingerprint density at radius 2 is 1.58 bits per heavy atom. The number of allylic oxidation sites excluding steroid dienone is 10. The van der Waals surface area contributed by atoms with Crippen LogP contribution in [0.2, 0.25) is 0 Å². The molecule has 1 fully saturated rings. The minimum absolute atomic E-state index is 0.0416. The number of unbranched alkanes of at least 4 members (excludes halogenated alkanes) is 2. The molecule has 1 N–H and O–H groups in total. The zero-order valence-electron chi connectivity index (χ0n) is 29.0. The number of esters is 2. The van der Waals surface area contributed by atoms with Gasteiger partial charge in [-0.05, 0) is 76.3 Å². The van der Waals surface area contributed by atoms with Crippen molar-refractivity contribution in [3.63, 3.8) is 0 Å². The lowest BCUT2D eigenvalue weighted by Crippen LogP contribution is -2.29.